The maximum Gasteiger partial charge on any atom is 0.249 e. The third-order valence-corrected chi connectivity index (χ3v) is 4.56. The van der Waals surface area contributed by atoms with E-state index < -0.39 is 5.41 Å². The number of benzene rings is 2. The van der Waals surface area contributed by atoms with Crippen molar-refractivity contribution in [2.45, 2.75) is 31.1 Å². The van der Waals surface area contributed by atoms with Crippen molar-refractivity contribution in [2.75, 3.05) is 0 Å². The number of carbonyl (C=O) groups excluding carboxylic acids is 2. The van der Waals surface area contributed by atoms with Crippen LogP contribution in [-0.4, -0.2) is 11.8 Å². The van der Waals surface area contributed by atoms with Gasteiger partial charge < -0.3 is 0 Å². The van der Waals surface area contributed by atoms with Gasteiger partial charge in [0, 0.05) is 0 Å². The molecule has 0 spiro atoms. The molecule has 0 saturated heterocycles. The second-order valence-electron chi connectivity index (χ2n) is 6.11. The van der Waals surface area contributed by atoms with Gasteiger partial charge in [-0.3, -0.25) is 20.4 Å². The van der Waals surface area contributed by atoms with E-state index >= 15 is 0 Å². The molecule has 2 aromatic carbocycles. The van der Waals surface area contributed by atoms with E-state index in [2.05, 4.69) is 10.9 Å². The monoisotopic (exact) mass is 326 g/mol. The van der Waals surface area contributed by atoms with Gasteiger partial charge >= 0.3 is 0 Å². The number of halogens is 1. The quantitative estimate of drug-likeness (QED) is 0.849. The highest BCUT2D eigenvalue weighted by molar-refractivity contribution is 5.91. The van der Waals surface area contributed by atoms with Crippen LogP contribution in [0.5, 0.6) is 0 Å². The third kappa shape index (κ3) is 3.30. The second-order valence-corrected chi connectivity index (χ2v) is 6.11. The van der Waals surface area contributed by atoms with Gasteiger partial charge in [-0.2, -0.15) is 0 Å². The van der Waals surface area contributed by atoms with E-state index in [0.717, 1.165) is 24.8 Å². The summed E-state index contributed by atoms with van der Waals surface area (Å²) in [6.07, 6.45) is 2.62. The van der Waals surface area contributed by atoms with Gasteiger partial charge in [0.1, 0.15) is 5.82 Å². The standard InChI is InChI=1S/C19H19FN2O2/c20-16-9-7-14(8-10-16)13-17(23)21-22-18(24)19(11-4-12-19)15-5-2-1-3-6-15/h1-3,5-10H,4,11-13H2,(H,21,23)(H,22,24). The van der Waals surface area contributed by atoms with Crippen LogP contribution in [0.25, 0.3) is 0 Å². The molecule has 0 heterocycles. The van der Waals surface area contributed by atoms with Gasteiger partial charge in [0.05, 0.1) is 11.8 Å². The van der Waals surface area contributed by atoms with E-state index in [1.54, 1.807) is 12.1 Å². The van der Waals surface area contributed by atoms with Crippen LogP contribution in [0.4, 0.5) is 4.39 Å². The Kier molecular flexibility index (Phi) is 4.60. The Balaban J connectivity index is 1.58. The van der Waals surface area contributed by atoms with Crippen molar-refractivity contribution >= 4 is 11.8 Å². The molecule has 1 saturated carbocycles. The first-order valence-corrected chi connectivity index (χ1v) is 7.99. The van der Waals surface area contributed by atoms with Gasteiger partial charge in [-0.05, 0) is 36.1 Å². The van der Waals surface area contributed by atoms with Crippen molar-refractivity contribution in [1.29, 1.82) is 0 Å². The molecule has 2 N–H and O–H groups in total. The Morgan fingerprint density at radius 1 is 0.958 bits per heavy atom. The van der Waals surface area contributed by atoms with E-state index in [1.165, 1.54) is 12.1 Å². The molecule has 124 valence electrons. The fourth-order valence-corrected chi connectivity index (χ4v) is 3.01. The number of carbonyl (C=O) groups is 2. The van der Waals surface area contributed by atoms with Gasteiger partial charge in [-0.15, -0.1) is 0 Å². The number of hydrogen-bond donors (Lipinski definition) is 2. The van der Waals surface area contributed by atoms with Crippen molar-refractivity contribution in [1.82, 2.24) is 10.9 Å². The average Bonchev–Trinajstić information content (AvgIpc) is 2.55. The lowest BCUT2D eigenvalue weighted by Crippen LogP contribution is -2.54. The first-order chi connectivity index (χ1) is 11.6. The minimum Gasteiger partial charge on any atom is -0.273 e. The molecule has 1 aliphatic carbocycles. The normalized spacial score (nSPS) is 15.2. The minimum absolute atomic E-state index is 0.0822. The van der Waals surface area contributed by atoms with Crippen LogP contribution < -0.4 is 10.9 Å². The largest absolute Gasteiger partial charge is 0.273 e. The van der Waals surface area contributed by atoms with E-state index in [0.29, 0.717) is 5.56 Å². The highest BCUT2D eigenvalue weighted by atomic mass is 19.1. The molecule has 0 aliphatic heterocycles. The summed E-state index contributed by atoms with van der Waals surface area (Å²) in [5.74, 6) is -0.868. The average molecular weight is 326 g/mol. The summed E-state index contributed by atoms with van der Waals surface area (Å²) in [6, 6.07) is 15.3. The minimum atomic E-state index is -0.551. The summed E-state index contributed by atoms with van der Waals surface area (Å²) >= 11 is 0. The van der Waals surface area contributed by atoms with Crippen LogP contribution in [0.2, 0.25) is 0 Å². The summed E-state index contributed by atoms with van der Waals surface area (Å²) in [7, 11) is 0. The fourth-order valence-electron chi connectivity index (χ4n) is 3.01. The van der Waals surface area contributed by atoms with E-state index in [9.17, 15) is 14.0 Å². The van der Waals surface area contributed by atoms with Gasteiger partial charge in [0.2, 0.25) is 11.8 Å². The van der Waals surface area contributed by atoms with Crippen LogP contribution in [0.1, 0.15) is 30.4 Å². The zero-order valence-electron chi connectivity index (χ0n) is 13.2. The number of rotatable bonds is 4. The van der Waals surface area contributed by atoms with Gasteiger partial charge in [-0.1, -0.05) is 48.9 Å². The van der Waals surface area contributed by atoms with E-state index in [4.69, 9.17) is 0 Å². The Hall–Kier alpha value is -2.69. The Morgan fingerprint density at radius 2 is 1.62 bits per heavy atom. The Labute approximate surface area is 140 Å². The molecule has 0 atom stereocenters. The molecule has 2 amide bonds. The first kappa shape index (κ1) is 16.2. The van der Waals surface area contributed by atoms with Crippen molar-refractivity contribution in [3.8, 4) is 0 Å². The molecule has 1 aliphatic rings. The lowest BCUT2D eigenvalue weighted by atomic mass is 9.64. The van der Waals surface area contributed by atoms with Crippen molar-refractivity contribution in [2.24, 2.45) is 0 Å². The molecular weight excluding hydrogens is 307 g/mol. The molecule has 3 rings (SSSR count). The molecule has 24 heavy (non-hydrogen) atoms. The summed E-state index contributed by atoms with van der Waals surface area (Å²) in [5, 5.41) is 0. The van der Waals surface area contributed by atoms with Crippen molar-refractivity contribution in [3.63, 3.8) is 0 Å². The summed E-state index contributed by atoms with van der Waals surface area (Å²) in [6.45, 7) is 0. The molecule has 0 bridgehead atoms. The molecule has 0 aromatic heterocycles. The number of amides is 2. The zero-order valence-corrected chi connectivity index (χ0v) is 13.2. The van der Waals surface area contributed by atoms with E-state index in [1.807, 2.05) is 30.3 Å². The maximum atomic E-state index is 12.9. The molecule has 2 aromatic rings. The van der Waals surface area contributed by atoms with Crippen molar-refractivity contribution in [3.05, 3.63) is 71.5 Å². The molecule has 1 fully saturated rings. The van der Waals surface area contributed by atoms with Crippen LogP contribution in [0.15, 0.2) is 54.6 Å². The van der Waals surface area contributed by atoms with Gasteiger partial charge in [-0.25, -0.2) is 4.39 Å². The Morgan fingerprint density at radius 3 is 2.21 bits per heavy atom. The summed E-state index contributed by atoms with van der Waals surface area (Å²) in [5.41, 5.74) is 6.11. The second kappa shape index (κ2) is 6.83. The highest BCUT2D eigenvalue weighted by Crippen LogP contribution is 2.43. The van der Waals surface area contributed by atoms with E-state index in [-0.39, 0.29) is 24.1 Å². The molecule has 5 heteroatoms. The lowest BCUT2D eigenvalue weighted by Gasteiger charge is -2.40. The zero-order chi connectivity index (χ0) is 17.0. The van der Waals surface area contributed by atoms with Crippen LogP contribution in [0, 0.1) is 5.82 Å². The molecule has 0 radical (unpaired) electrons. The number of hydrazine groups is 1. The maximum absolute atomic E-state index is 12.9. The fraction of sp³-hybridized carbons (Fsp3) is 0.263. The molecular formula is C19H19FN2O2. The smallest absolute Gasteiger partial charge is 0.249 e. The van der Waals surface area contributed by atoms with Gasteiger partial charge in [0.25, 0.3) is 0 Å². The van der Waals surface area contributed by atoms with Crippen LogP contribution in [-0.2, 0) is 21.4 Å². The first-order valence-electron chi connectivity index (χ1n) is 7.99. The Bertz CT molecular complexity index is 725. The van der Waals surface area contributed by atoms with Gasteiger partial charge in [0.15, 0.2) is 0 Å². The molecule has 4 nitrogen and oxygen atoms in total. The van der Waals surface area contributed by atoms with Crippen LogP contribution in [0.3, 0.4) is 0 Å². The third-order valence-electron chi connectivity index (χ3n) is 4.56. The number of nitrogens with one attached hydrogen (secondary N) is 2. The predicted octanol–water partition coefficient (Wildman–Crippen LogP) is 2.64. The molecule has 0 unspecified atom stereocenters. The van der Waals surface area contributed by atoms with Crippen molar-refractivity contribution < 1.29 is 14.0 Å². The summed E-state index contributed by atoms with van der Waals surface area (Å²) in [4.78, 5) is 24.5. The summed E-state index contributed by atoms with van der Waals surface area (Å²) < 4.78 is 12.9. The topological polar surface area (TPSA) is 58.2 Å². The van der Waals surface area contributed by atoms with Crippen LogP contribution >= 0.6 is 0 Å². The predicted molar refractivity (Wildman–Crippen MR) is 88.4 cm³/mol. The number of hydrogen-bond acceptors (Lipinski definition) is 2. The SMILES string of the molecule is O=C(Cc1ccc(F)cc1)NNC(=O)C1(c2ccccc2)CCC1. The lowest BCUT2D eigenvalue weighted by molar-refractivity contribution is -0.134. The highest BCUT2D eigenvalue weighted by Gasteiger charge is 2.45.